The lowest BCUT2D eigenvalue weighted by molar-refractivity contribution is -0.119. The van der Waals surface area contributed by atoms with Gasteiger partial charge in [0.05, 0.1) is 12.2 Å². The first-order chi connectivity index (χ1) is 9.44. The van der Waals surface area contributed by atoms with Crippen LogP contribution < -0.4 is 16.4 Å². The fourth-order valence-corrected chi connectivity index (χ4v) is 3.10. The highest BCUT2D eigenvalue weighted by Gasteiger charge is 2.22. The summed E-state index contributed by atoms with van der Waals surface area (Å²) in [6.45, 7) is 5.47. The van der Waals surface area contributed by atoms with Crippen molar-refractivity contribution >= 4 is 28.4 Å². The Hall–Kier alpha value is -1.67. The molecule has 20 heavy (non-hydrogen) atoms. The molecule has 3 amide bonds. The van der Waals surface area contributed by atoms with E-state index in [0.717, 1.165) is 23.5 Å². The largest absolute Gasteiger partial charge is 0.369 e. The number of anilines is 1. The van der Waals surface area contributed by atoms with Gasteiger partial charge in [-0.25, -0.2) is 9.78 Å². The summed E-state index contributed by atoms with van der Waals surface area (Å²) in [5, 5.41) is 6.08. The highest BCUT2D eigenvalue weighted by molar-refractivity contribution is 7.15. The molecule has 1 aliphatic heterocycles. The smallest absolute Gasteiger partial charge is 0.321 e. The minimum atomic E-state index is -0.326. The van der Waals surface area contributed by atoms with E-state index in [4.69, 9.17) is 5.73 Å². The Kier molecular flexibility index (Phi) is 4.56. The lowest BCUT2D eigenvalue weighted by atomic mass is 10.2. The zero-order valence-corrected chi connectivity index (χ0v) is 12.4. The van der Waals surface area contributed by atoms with Crippen molar-refractivity contribution < 1.29 is 9.59 Å². The van der Waals surface area contributed by atoms with Crippen molar-refractivity contribution in [1.29, 1.82) is 0 Å². The summed E-state index contributed by atoms with van der Waals surface area (Å²) in [7, 11) is 0. The van der Waals surface area contributed by atoms with Crippen LogP contribution in [0.1, 0.15) is 24.4 Å². The molecule has 1 aromatic heterocycles. The molecule has 0 radical (unpaired) electrons. The van der Waals surface area contributed by atoms with Gasteiger partial charge in [-0.3, -0.25) is 15.0 Å². The molecule has 2 heterocycles. The number of amides is 3. The lowest BCUT2D eigenvalue weighted by Gasteiger charge is -2.24. The summed E-state index contributed by atoms with van der Waals surface area (Å²) in [6.07, 6.45) is 0.770. The second-order valence-electron chi connectivity index (χ2n) is 5.07. The Labute approximate surface area is 121 Å². The van der Waals surface area contributed by atoms with Gasteiger partial charge in [-0.1, -0.05) is 0 Å². The van der Waals surface area contributed by atoms with E-state index >= 15 is 0 Å². The zero-order valence-electron chi connectivity index (χ0n) is 11.6. The van der Waals surface area contributed by atoms with Gasteiger partial charge in [0.1, 0.15) is 0 Å². The Morgan fingerprint density at radius 3 is 2.90 bits per heavy atom. The van der Waals surface area contributed by atoms with Crippen LogP contribution in [0.4, 0.5) is 9.93 Å². The Bertz CT molecular complexity index is 514. The number of primary amides is 1. The third-order valence-corrected chi connectivity index (χ3v) is 3.83. The van der Waals surface area contributed by atoms with E-state index in [9.17, 15) is 9.59 Å². The maximum Gasteiger partial charge on any atom is 0.321 e. The number of carbonyl (C=O) groups excluding carboxylic acids is 2. The Morgan fingerprint density at radius 1 is 1.50 bits per heavy atom. The fourth-order valence-electron chi connectivity index (χ4n) is 2.05. The van der Waals surface area contributed by atoms with Crippen LogP contribution in [0.25, 0.3) is 0 Å². The molecule has 4 N–H and O–H groups in total. The third-order valence-electron chi connectivity index (χ3n) is 2.83. The first-order valence-electron chi connectivity index (χ1n) is 6.51. The second kappa shape index (κ2) is 6.19. The van der Waals surface area contributed by atoms with Gasteiger partial charge in [-0.2, -0.15) is 0 Å². The predicted molar refractivity (Wildman–Crippen MR) is 77.6 cm³/mol. The highest BCUT2D eigenvalue weighted by Crippen LogP contribution is 2.28. The molecule has 0 saturated heterocycles. The number of urea groups is 1. The van der Waals surface area contributed by atoms with Gasteiger partial charge in [0.15, 0.2) is 5.13 Å². The second-order valence-corrected chi connectivity index (χ2v) is 6.15. The molecule has 1 aromatic rings. The number of hydrogen-bond donors (Lipinski definition) is 3. The molecule has 0 unspecified atom stereocenters. The van der Waals surface area contributed by atoms with E-state index in [1.807, 2.05) is 18.7 Å². The number of rotatable bonds is 4. The normalized spacial score (nSPS) is 14.9. The quantitative estimate of drug-likeness (QED) is 0.754. The molecule has 0 spiro atoms. The topological polar surface area (TPSA) is 100 Å². The van der Waals surface area contributed by atoms with Crippen molar-refractivity contribution in [2.24, 2.45) is 5.73 Å². The molecule has 0 fully saturated rings. The van der Waals surface area contributed by atoms with E-state index in [1.54, 1.807) is 0 Å². The number of nitrogens with one attached hydrogen (secondary N) is 2. The summed E-state index contributed by atoms with van der Waals surface area (Å²) < 4.78 is 0. The van der Waals surface area contributed by atoms with Gasteiger partial charge in [-0.05, 0) is 13.8 Å². The minimum absolute atomic E-state index is 0.0793. The summed E-state index contributed by atoms with van der Waals surface area (Å²) in [4.78, 5) is 30.0. The van der Waals surface area contributed by atoms with Gasteiger partial charge in [0.2, 0.25) is 5.91 Å². The zero-order chi connectivity index (χ0) is 14.7. The Balaban J connectivity index is 1.98. The molecule has 0 bridgehead atoms. The molecule has 0 saturated carbocycles. The van der Waals surface area contributed by atoms with Crippen molar-refractivity contribution in [3.8, 4) is 0 Å². The van der Waals surface area contributed by atoms with Gasteiger partial charge in [-0.15, -0.1) is 11.3 Å². The van der Waals surface area contributed by atoms with E-state index in [1.165, 1.54) is 11.3 Å². The average molecular weight is 297 g/mol. The molecule has 1 aliphatic rings. The molecule has 8 heteroatoms. The van der Waals surface area contributed by atoms with Crippen molar-refractivity contribution in [3.05, 3.63) is 10.6 Å². The maximum atomic E-state index is 11.6. The molecular formula is C12H19N5O2S. The highest BCUT2D eigenvalue weighted by atomic mass is 32.1. The van der Waals surface area contributed by atoms with Crippen molar-refractivity contribution in [3.63, 3.8) is 0 Å². The molecule has 7 nitrogen and oxygen atoms in total. The molecule has 0 aliphatic carbocycles. The number of aromatic nitrogens is 1. The van der Waals surface area contributed by atoms with Crippen molar-refractivity contribution in [2.75, 3.05) is 18.4 Å². The minimum Gasteiger partial charge on any atom is -0.369 e. The molecule has 0 aromatic carbocycles. The van der Waals surface area contributed by atoms with Crippen LogP contribution in [0.5, 0.6) is 0 Å². The van der Waals surface area contributed by atoms with Crippen LogP contribution in [0.3, 0.4) is 0 Å². The van der Waals surface area contributed by atoms with Gasteiger partial charge in [0, 0.05) is 30.4 Å². The van der Waals surface area contributed by atoms with E-state index in [2.05, 4.69) is 15.6 Å². The van der Waals surface area contributed by atoms with E-state index in [-0.39, 0.29) is 24.5 Å². The summed E-state index contributed by atoms with van der Waals surface area (Å²) >= 11 is 1.44. The third kappa shape index (κ3) is 3.91. The fraction of sp³-hybridized carbons (Fsp3) is 0.583. The predicted octanol–water partition coefficient (Wildman–Crippen LogP) is 0.516. The lowest BCUT2D eigenvalue weighted by Crippen LogP contribution is -2.37. The van der Waals surface area contributed by atoms with E-state index < -0.39 is 0 Å². The number of carbonyl (C=O) groups is 2. The monoisotopic (exact) mass is 297 g/mol. The molecule has 110 valence electrons. The van der Waals surface area contributed by atoms with Crippen LogP contribution in [0.2, 0.25) is 0 Å². The van der Waals surface area contributed by atoms with Crippen LogP contribution in [0, 0.1) is 0 Å². The van der Waals surface area contributed by atoms with Gasteiger partial charge < -0.3 is 11.1 Å². The SMILES string of the molecule is CC(C)NC(=O)Nc1nc2c(s1)CN(CC(N)=O)CC2. The van der Waals surface area contributed by atoms with Crippen molar-refractivity contribution in [2.45, 2.75) is 32.9 Å². The van der Waals surface area contributed by atoms with Crippen LogP contribution in [-0.4, -0.2) is 41.0 Å². The average Bonchev–Trinajstić information content (AvgIpc) is 2.67. The number of fused-ring (bicyclic) bond motifs is 1. The molecule has 0 atom stereocenters. The molecular weight excluding hydrogens is 278 g/mol. The van der Waals surface area contributed by atoms with Gasteiger partial charge in [0.25, 0.3) is 0 Å². The summed E-state index contributed by atoms with van der Waals surface area (Å²) in [6, 6.07) is -0.171. The molecule has 2 rings (SSSR count). The first-order valence-corrected chi connectivity index (χ1v) is 7.32. The first kappa shape index (κ1) is 14.7. The Morgan fingerprint density at radius 2 is 2.25 bits per heavy atom. The van der Waals surface area contributed by atoms with Crippen molar-refractivity contribution in [1.82, 2.24) is 15.2 Å². The number of nitrogens with zero attached hydrogens (tertiary/aromatic N) is 2. The number of nitrogens with two attached hydrogens (primary N) is 1. The van der Waals surface area contributed by atoms with Gasteiger partial charge >= 0.3 is 6.03 Å². The van der Waals surface area contributed by atoms with Crippen LogP contribution >= 0.6 is 11.3 Å². The van der Waals surface area contributed by atoms with Crippen LogP contribution in [0.15, 0.2) is 0 Å². The summed E-state index contributed by atoms with van der Waals surface area (Å²) in [5.74, 6) is -0.326. The van der Waals surface area contributed by atoms with Crippen LogP contribution in [-0.2, 0) is 17.8 Å². The summed E-state index contributed by atoms with van der Waals surface area (Å²) in [5.41, 5.74) is 6.20. The maximum absolute atomic E-state index is 11.6. The van der Waals surface area contributed by atoms with E-state index in [0.29, 0.717) is 11.7 Å². The standard InChI is InChI=1S/C12H19N5O2S/c1-7(2)14-11(19)16-12-15-8-3-4-17(6-10(13)18)5-9(8)20-12/h7H,3-6H2,1-2H3,(H2,13,18)(H2,14,15,16,19). The number of hydrogen-bond acceptors (Lipinski definition) is 5. The number of thiazole rings is 1.